The van der Waals surface area contributed by atoms with Crippen molar-refractivity contribution in [1.29, 1.82) is 0 Å². The third kappa shape index (κ3) is 6.21. The van der Waals surface area contributed by atoms with Gasteiger partial charge < -0.3 is 14.8 Å². The van der Waals surface area contributed by atoms with Gasteiger partial charge in [0.05, 0.1) is 23.4 Å². The second-order valence-electron chi connectivity index (χ2n) is 7.43. The van der Waals surface area contributed by atoms with Crippen LogP contribution in [0.25, 0.3) is 0 Å². The standard InChI is InChI=1S/C22H24ClFN2O6S/c1-31-19-9-6-15(12-20(19)33(29,30)26-10-4-2-3-5-11-26)22(28)32-14-21(27)25-18-8-7-16(24)13-17(18)23/h6-9,12-13H,2-5,10-11,14H2,1H3,(H,25,27). The zero-order chi connectivity index (χ0) is 24.0. The fraction of sp³-hybridized carbons (Fsp3) is 0.364. The van der Waals surface area contributed by atoms with Crippen molar-refractivity contribution in [2.75, 3.05) is 32.1 Å². The fourth-order valence-corrected chi connectivity index (χ4v) is 5.33. The van der Waals surface area contributed by atoms with Crippen molar-refractivity contribution in [2.24, 2.45) is 0 Å². The zero-order valence-corrected chi connectivity index (χ0v) is 19.5. The average molecular weight is 499 g/mol. The largest absolute Gasteiger partial charge is 0.495 e. The summed E-state index contributed by atoms with van der Waals surface area (Å²) in [5.74, 6) is -2.03. The number of halogens is 2. The number of nitrogens with zero attached hydrogens (tertiary/aromatic N) is 1. The Morgan fingerprint density at radius 3 is 2.42 bits per heavy atom. The van der Waals surface area contributed by atoms with Crippen LogP contribution >= 0.6 is 11.6 Å². The van der Waals surface area contributed by atoms with E-state index < -0.39 is 34.3 Å². The Hall–Kier alpha value is -2.69. The monoisotopic (exact) mass is 498 g/mol. The highest BCUT2D eigenvalue weighted by Crippen LogP contribution is 2.29. The molecule has 8 nitrogen and oxygen atoms in total. The number of sulfonamides is 1. The van der Waals surface area contributed by atoms with Crippen molar-refractivity contribution < 1.29 is 31.9 Å². The van der Waals surface area contributed by atoms with Gasteiger partial charge in [-0.1, -0.05) is 24.4 Å². The maximum atomic E-state index is 13.2. The number of ether oxygens (including phenoxy) is 2. The summed E-state index contributed by atoms with van der Waals surface area (Å²) in [6.07, 6.45) is 3.44. The van der Waals surface area contributed by atoms with E-state index in [0.717, 1.165) is 37.8 Å². The normalized spacial score (nSPS) is 14.9. The Balaban J connectivity index is 1.72. The van der Waals surface area contributed by atoms with Gasteiger partial charge in [0.2, 0.25) is 10.0 Å². The van der Waals surface area contributed by atoms with Gasteiger partial charge in [0.15, 0.2) is 6.61 Å². The van der Waals surface area contributed by atoms with Gasteiger partial charge in [0.25, 0.3) is 5.91 Å². The molecule has 0 aromatic heterocycles. The Kier molecular flexibility index (Phi) is 8.28. The molecular weight excluding hydrogens is 475 g/mol. The SMILES string of the molecule is COc1ccc(C(=O)OCC(=O)Nc2ccc(F)cc2Cl)cc1S(=O)(=O)N1CCCCCC1. The van der Waals surface area contributed by atoms with Crippen molar-refractivity contribution >= 4 is 39.2 Å². The van der Waals surface area contributed by atoms with E-state index in [4.69, 9.17) is 21.1 Å². The molecule has 0 bridgehead atoms. The molecule has 1 aliphatic heterocycles. The summed E-state index contributed by atoms with van der Waals surface area (Å²) in [4.78, 5) is 24.4. The van der Waals surface area contributed by atoms with E-state index in [1.54, 1.807) is 0 Å². The van der Waals surface area contributed by atoms with E-state index >= 15 is 0 Å². The minimum atomic E-state index is -3.89. The van der Waals surface area contributed by atoms with E-state index in [1.165, 1.54) is 35.7 Å². The Morgan fingerprint density at radius 2 is 1.79 bits per heavy atom. The number of esters is 1. The van der Waals surface area contributed by atoms with Crippen molar-refractivity contribution in [3.63, 3.8) is 0 Å². The molecule has 1 saturated heterocycles. The first-order valence-electron chi connectivity index (χ1n) is 10.3. The van der Waals surface area contributed by atoms with Crippen LogP contribution < -0.4 is 10.1 Å². The van der Waals surface area contributed by atoms with Crippen LogP contribution in [0.15, 0.2) is 41.3 Å². The molecule has 3 rings (SSSR count). The minimum absolute atomic E-state index is 0.00630. The zero-order valence-electron chi connectivity index (χ0n) is 18.0. The van der Waals surface area contributed by atoms with Gasteiger partial charge >= 0.3 is 5.97 Å². The highest BCUT2D eigenvalue weighted by molar-refractivity contribution is 7.89. The maximum Gasteiger partial charge on any atom is 0.338 e. The molecule has 1 aliphatic rings. The second-order valence-corrected chi connectivity index (χ2v) is 9.75. The van der Waals surface area contributed by atoms with Crippen molar-refractivity contribution in [3.8, 4) is 5.75 Å². The van der Waals surface area contributed by atoms with Gasteiger partial charge in [-0.3, -0.25) is 4.79 Å². The predicted octanol–water partition coefficient (Wildman–Crippen LogP) is 3.85. The third-order valence-electron chi connectivity index (χ3n) is 5.12. The Morgan fingerprint density at radius 1 is 1.09 bits per heavy atom. The quantitative estimate of drug-likeness (QED) is 0.582. The lowest BCUT2D eigenvalue weighted by Gasteiger charge is -2.21. The summed E-state index contributed by atoms with van der Waals surface area (Å²) >= 11 is 5.86. The van der Waals surface area contributed by atoms with Crippen LogP contribution in [-0.2, 0) is 19.6 Å². The molecule has 0 saturated carbocycles. The summed E-state index contributed by atoms with van der Waals surface area (Å²) < 4.78 is 51.2. The lowest BCUT2D eigenvalue weighted by atomic mass is 10.2. The predicted molar refractivity (Wildman–Crippen MR) is 121 cm³/mol. The lowest BCUT2D eigenvalue weighted by molar-refractivity contribution is -0.119. The van der Waals surface area contributed by atoms with Crippen LogP contribution in [-0.4, -0.2) is 51.4 Å². The number of hydrogen-bond donors (Lipinski definition) is 1. The van der Waals surface area contributed by atoms with Crippen LogP contribution in [0.5, 0.6) is 5.75 Å². The topological polar surface area (TPSA) is 102 Å². The molecule has 0 unspecified atom stereocenters. The summed E-state index contributed by atoms with van der Waals surface area (Å²) in [7, 11) is -2.54. The molecule has 33 heavy (non-hydrogen) atoms. The van der Waals surface area contributed by atoms with E-state index in [0.29, 0.717) is 13.1 Å². The highest BCUT2D eigenvalue weighted by atomic mass is 35.5. The van der Waals surface area contributed by atoms with Gasteiger partial charge in [-0.05, 0) is 49.2 Å². The summed E-state index contributed by atoms with van der Waals surface area (Å²) in [6.45, 7) is 0.144. The first kappa shape index (κ1) is 24.9. The maximum absolute atomic E-state index is 13.2. The number of amides is 1. The van der Waals surface area contributed by atoms with E-state index in [9.17, 15) is 22.4 Å². The number of hydrogen-bond acceptors (Lipinski definition) is 6. The molecule has 0 spiro atoms. The molecule has 1 N–H and O–H groups in total. The molecule has 0 radical (unpaired) electrons. The first-order valence-corrected chi connectivity index (χ1v) is 12.1. The smallest absolute Gasteiger partial charge is 0.338 e. The molecule has 178 valence electrons. The van der Waals surface area contributed by atoms with E-state index in [2.05, 4.69) is 5.32 Å². The van der Waals surface area contributed by atoms with E-state index in [1.807, 2.05) is 0 Å². The fourth-order valence-electron chi connectivity index (χ4n) is 3.42. The van der Waals surface area contributed by atoms with Crippen molar-refractivity contribution in [1.82, 2.24) is 4.31 Å². The van der Waals surface area contributed by atoms with Crippen LogP contribution in [0.1, 0.15) is 36.0 Å². The first-order chi connectivity index (χ1) is 15.7. The summed E-state index contributed by atoms with van der Waals surface area (Å²) in [6, 6.07) is 7.36. The average Bonchev–Trinajstić information content (AvgIpc) is 3.09. The van der Waals surface area contributed by atoms with Gasteiger partial charge in [0.1, 0.15) is 16.5 Å². The van der Waals surface area contributed by atoms with Gasteiger partial charge in [0, 0.05) is 13.1 Å². The summed E-state index contributed by atoms with van der Waals surface area (Å²) in [5, 5.41) is 2.40. The lowest BCUT2D eigenvalue weighted by Crippen LogP contribution is -2.32. The number of carbonyl (C=O) groups is 2. The molecule has 1 amide bonds. The molecule has 11 heteroatoms. The number of rotatable bonds is 7. The molecule has 0 atom stereocenters. The van der Waals surface area contributed by atoms with Crippen LogP contribution in [0.4, 0.5) is 10.1 Å². The van der Waals surface area contributed by atoms with Crippen LogP contribution in [0, 0.1) is 5.82 Å². The third-order valence-corrected chi connectivity index (χ3v) is 7.35. The van der Waals surface area contributed by atoms with Gasteiger partial charge in [-0.15, -0.1) is 0 Å². The molecule has 2 aromatic carbocycles. The number of nitrogens with one attached hydrogen (secondary N) is 1. The van der Waals surface area contributed by atoms with Crippen molar-refractivity contribution in [2.45, 2.75) is 30.6 Å². The van der Waals surface area contributed by atoms with Crippen LogP contribution in [0.3, 0.4) is 0 Å². The minimum Gasteiger partial charge on any atom is -0.495 e. The number of anilines is 1. The number of methoxy groups -OCH3 is 1. The second kappa shape index (κ2) is 11.0. The summed E-state index contributed by atoms with van der Waals surface area (Å²) in [5.41, 5.74) is 0.117. The number of carbonyl (C=O) groups excluding carboxylic acids is 2. The Bertz CT molecular complexity index is 1130. The van der Waals surface area contributed by atoms with Crippen molar-refractivity contribution in [3.05, 3.63) is 52.8 Å². The molecule has 1 heterocycles. The van der Waals surface area contributed by atoms with Gasteiger partial charge in [-0.25, -0.2) is 17.6 Å². The van der Waals surface area contributed by atoms with Gasteiger partial charge in [-0.2, -0.15) is 4.31 Å². The highest BCUT2D eigenvalue weighted by Gasteiger charge is 2.29. The Labute approximate surface area is 196 Å². The molecule has 2 aromatic rings. The van der Waals surface area contributed by atoms with Crippen LogP contribution in [0.2, 0.25) is 5.02 Å². The molecular formula is C22H24ClFN2O6S. The molecule has 0 aliphatic carbocycles. The number of benzene rings is 2. The molecule has 1 fully saturated rings. The van der Waals surface area contributed by atoms with E-state index in [-0.39, 0.29) is 26.9 Å².